The molecule has 0 spiro atoms. The van der Waals surface area contributed by atoms with Crippen molar-refractivity contribution >= 4 is 35.5 Å². The van der Waals surface area contributed by atoms with Crippen LogP contribution in [0.15, 0.2) is 0 Å². The molecule has 0 aromatic rings. The molecule has 1 aliphatic heterocycles. The molecule has 1 saturated heterocycles. The number of carboxylic acids is 2. The number of piperazine rings is 1. The van der Waals surface area contributed by atoms with Crippen molar-refractivity contribution < 1.29 is 29.4 Å². The molecule has 0 aromatic heterocycles. The highest BCUT2D eigenvalue weighted by molar-refractivity contribution is 7.99. The average molecular weight is 435 g/mol. The third-order valence-electron chi connectivity index (χ3n) is 4.35. The number of nitrogens with two attached hydrogens (primary N) is 1. The Kier molecular flexibility index (Phi) is 15.0. The van der Waals surface area contributed by atoms with Crippen LogP contribution < -0.4 is 11.1 Å². The summed E-state index contributed by atoms with van der Waals surface area (Å²) in [5.74, 6) is -1.94. The van der Waals surface area contributed by atoms with Crippen molar-refractivity contribution in [2.45, 2.75) is 37.4 Å². The van der Waals surface area contributed by atoms with E-state index in [-0.39, 0.29) is 24.8 Å². The maximum Gasteiger partial charge on any atom is 0.317 e. The van der Waals surface area contributed by atoms with E-state index in [0.29, 0.717) is 13.0 Å². The SMILES string of the molecule is CSC(CC(=O)NCCCCCC(=O)N1CCN(C)CC1)C(=O)O.NCC(=O)O. The molecule has 0 saturated carbocycles. The van der Waals surface area contributed by atoms with Crippen LogP contribution in [0.4, 0.5) is 0 Å². The number of likely N-dealkylation sites (N-methyl/N-ethyl adjacent to an activating group) is 1. The molecule has 0 bridgehead atoms. The van der Waals surface area contributed by atoms with Crippen molar-refractivity contribution in [1.82, 2.24) is 15.1 Å². The Labute approximate surface area is 176 Å². The Morgan fingerprint density at radius 3 is 2.14 bits per heavy atom. The van der Waals surface area contributed by atoms with E-state index < -0.39 is 17.2 Å². The van der Waals surface area contributed by atoms with Crippen molar-refractivity contribution in [2.75, 3.05) is 52.6 Å². The number of rotatable bonds is 11. The molecule has 0 aromatic carbocycles. The van der Waals surface area contributed by atoms with E-state index in [4.69, 9.17) is 10.2 Å². The van der Waals surface area contributed by atoms with Crippen LogP contribution in [0.1, 0.15) is 32.1 Å². The molecule has 1 atom stereocenters. The predicted molar refractivity (Wildman–Crippen MR) is 112 cm³/mol. The van der Waals surface area contributed by atoms with Crippen LogP contribution in [0, 0.1) is 0 Å². The van der Waals surface area contributed by atoms with Crippen LogP contribution in [-0.2, 0) is 19.2 Å². The minimum atomic E-state index is -0.968. The number of nitrogens with zero attached hydrogens (tertiary/aromatic N) is 2. The zero-order valence-electron chi connectivity index (χ0n) is 17.3. The monoisotopic (exact) mass is 434 g/mol. The molecule has 1 unspecified atom stereocenters. The van der Waals surface area contributed by atoms with Gasteiger partial charge in [-0.1, -0.05) is 6.42 Å². The summed E-state index contributed by atoms with van der Waals surface area (Å²) in [6, 6.07) is 0. The van der Waals surface area contributed by atoms with Crippen molar-refractivity contribution in [2.24, 2.45) is 5.73 Å². The Bertz CT molecular complexity index is 526. The summed E-state index contributed by atoms with van der Waals surface area (Å²) < 4.78 is 0. The molecular weight excluding hydrogens is 400 g/mol. The van der Waals surface area contributed by atoms with E-state index in [1.165, 1.54) is 0 Å². The van der Waals surface area contributed by atoms with Crippen molar-refractivity contribution in [3.8, 4) is 0 Å². The van der Waals surface area contributed by atoms with Crippen LogP contribution in [-0.4, -0.2) is 102 Å². The Morgan fingerprint density at radius 2 is 1.66 bits per heavy atom. The van der Waals surface area contributed by atoms with E-state index in [1.807, 2.05) is 4.90 Å². The Balaban J connectivity index is 0.00000139. The standard InChI is InChI=1S/C16H29N3O4S.C2H5NO2/c1-18-8-10-19(11-9-18)15(21)6-4-3-5-7-17-14(20)12-13(24-2)16(22)23;3-1-2(4)5/h13H,3-12H2,1-2H3,(H,17,20)(H,22,23);1,3H2,(H,4,5). The topological polar surface area (TPSA) is 153 Å². The molecule has 1 fully saturated rings. The van der Waals surface area contributed by atoms with Gasteiger partial charge in [0.1, 0.15) is 5.25 Å². The van der Waals surface area contributed by atoms with Gasteiger partial charge in [-0.2, -0.15) is 0 Å². The Morgan fingerprint density at radius 1 is 1.07 bits per heavy atom. The van der Waals surface area contributed by atoms with Gasteiger partial charge < -0.3 is 31.1 Å². The van der Waals surface area contributed by atoms with E-state index >= 15 is 0 Å². The molecule has 5 N–H and O–H groups in total. The third kappa shape index (κ3) is 13.9. The van der Waals surface area contributed by atoms with E-state index in [9.17, 15) is 19.2 Å². The fraction of sp³-hybridized carbons (Fsp3) is 0.778. The Hall–Kier alpha value is -1.85. The van der Waals surface area contributed by atoms with Gasteiger partial charge in [0.25, 0.3) is 0 Å². The summed E-state index contributed by atoms with van der Waals surface area (Å²) in [7, 11) is 2.06. The van der Waals surface area contributed by atoms with Crippen LogP contribution in [0.3, 0.4) is 0 Å². The summed E-state index contributed by atoms with van der Waals surface area (Å²) in [4.78, 5) is 47.9. The summed E-state index contributed by atoms with van der Waals surface area (Å²) in [6.07, 6.45) is 4.75. The van der Waals surface area contributed by atoms with E-state index in [2.05, 4.69) is 23.0 Å². The van der Waals surface area contributed by atoms with Crippen molar-refractivity contribution in [3.63, 3.8) is 0 Å². The number of hydrogen-bond acceptors (Lipinski definition) is 7. The number of amides is 2. The van der Waals surface area contributed by atoms with Gasteiger partial charge in [0, 0.05) is 45.6 Å². The highest BCUT2D eigenvalue weighted by atomic mass is 32.2. The minimum absolute atomic E-state index is 0.00159. The largest absolute Gasteiger partial charge is 0.480 e. The summed E-state index contributed by atoms with van der Waals surface area (Å²) in [5.41, 5.74) is 4.57. The highest BCUT2D eigenvalue weighted by Crippen LogP contribution is 2.11. The molecule has 2 amide bonds. The minimum Gasteiger partial charge on any atom is -0.480 e. The molecule has 0 radical (unpaired) electrons. The molecule has 11 heteroatoms. The molecule has 1 aliphatic rings. The van der Waals surface area contributed by atoms with Gasteiger partial charge in [-0.15, -0.1) is 11.8 Å². The smallest absolute Gasteiger partial charge is 0.317 e. The number of thioether (sulfide) groups is 1. The van der Waals surface area contributed by atoms with Crippen molar-refractivity contribution in [1.29, 1.82) is 0 Å². The fourth-order valence-corrected chi connectivity index (χ4v) is 3.05. The molecule has 29 heavy (non-hydrogen) atoms. The van der Waals surface area contributed by atoms with Gasteiger partial charge in [0.2, 0.25) is 11.8 Å². The maximum atomic E-state index is 12.0. The molecule has 1 heterocycles. The first-order valence-corrected chi connectivity index (χ1v) is 10.9. The number of nitrogens with one attached hydrogen (secondary N) is 1. The highest BCUT2D eigenvalue weighted by Gasteiger charge is 2.20. The number of unbranched alkanes of at least 4 members (excludes halogenated alkanes) is 2. The fourth-order valence-electron chi connectivity index (χ4n) is 2.53. The lowest BCUT2D eigenvalue weighted by Gasteiger charge is -2.32. The normalized spacial score (nSPS) is 15.1. The average Bonchev–Trinajstić information content (AvgIpc) is 2.69. The summed E-state index contributed by atoms with van der Waals surface area (Å²) in [6.45, 7) is 3.75. The summed E-state index contributed by atoms with van der Waals surface area (Å²) >= 11 is 1.16. The number of carboxylic acid groups (broad SMARTS) is 2. The van der Waals surface area contributed by atoms with Crippen LogP contribution in [0.5, 0.6) is 0 Å². The lowest BCUT2D eigenvalue weighted by atomic mass is 10.1. The van der Waals surface area contributed by atoms with Gasteiger partial charge in [-0.05, 0) is 26.1 Å². The first-order valence-electron chi connectivity index (χ1n) is 9.61. The van der Waals surface area contributed by atoms with Gasteiger partial charge in [0.15, 0.2) is 0 Å². The molecular formula is C18H34N4O6S. The quantitative estimate of drug-likeness (QED) is 0.320. The van der Waals surface area contributed by atoms with E-state index in [1.54, 1.807) is 6.26 Å². The van der Waals surface area contributed by atoms with Gasteiger partial charge in [-0.3, -0.25) is 19.2 Å². The number of carbonyl (C=O) groups excluding carboxylic acids is 2. The van der Waals surface area contributed by atoms with Gasteiger partial charge in [-0.25, -0.2) is 0 Å². The van der Waals surface area contributed by atoms with Crippen LogP contribution >= 0.6 is 11.8 Å². The molecule has 168 valence electrons. The van der Waals surface area contributed by atoms with Gasteiger partial charge in [0.05, 0.1) is 6.54 Å². The summed E-state index contributed by atoms with van der Waals surface area (Å²) in [5, 5.41) is 18.5. The predicted octanol–water partition coefficient (Wildman–Crippen LogP) is -0.327. The second-order valence-electron chi connectivity index (χ2n) is 6.71. The number of carbonyl (C=O) groups is 4. The second kappa shape index (κ2) is 16.0. The zero-order chi connectivity index (χ0) is 22.2. The maximum absolute atomic E-state index is 12.0. The number of hydrogen-bond donors (Lipinski definition) is 4. The van der Waals surface area contributed by atoms with Gasteiger partial charge >= 0.3 is 11.9 Å². The molecule has 1 rings (SSSR count). The van der Waals surface area contributed by atoms with Crippen molar-refractivity contribution in [3.05, 3.63) is 0 Å². The third-order valence-corrected chi connectivity index (χ3v) is 5.29. The van der Waals surface area contributed by atoms with E-state index in [0.717, 1.165) is 57.2 Å². The second-order valence-corrected chi connectivity index (χ2v) is 7.75. The van der Waals surface area contributed by atoms with Crippen LogP contribution in [0.2, 0.25) is 0 Å². The zero-order valence-corrected chi connectivity index (χ0v) is 18.1. The molecule has 0 aliphatic carbocycles. The molecule has 10 nitrogen and oxygen atoms in total. The lowest BCUT2D eigenvalue weighted by molar-refractivity contribution is -0.138. The first-order chi connectivity index (χ1) is 13.7. The first kappa shape index (κ1) is 27.1. The lowest BCUT2D eigenvalue weighted by Crippen LogP contribution is -2.47. The van der Waals surface area contributed by atoms with Crippen LogP contribution in [0.25, 0.3) is 0 Å². The number of aliphatic carboxylic acids is 2.